The SMILES string of the molecule is COc1ccc(S(=O)O)c2ccccc12. The van der Waals surface area contributed by atoms with Gasteiger partial charge in [0.2, 0.25) is 0 Å². The van der Waals surface area contributed by atoms with E-state index in [1.807, 2.05) is 18.2 Å². The third-order valence-corrected chi connectivity index (χ3v) is 2.98. The van der Waals surface area contributed by atoms with Crippen molar-refractivity contribution in [2.45, 2.75) is 4.90 Å². The molecule has 0 aliphatic rings. The highest BCUT2D eigenvalue weighted by Crippen LogP contribution is 2.29. The van der Waals surface area contributed by atoms with Gasteiger partial charge in [0, 0.05) is 10.8 Å². The van der Waals surface area contributed by atoms with Gasteiger partial charge < -0.3 is 9.29 Å². The molecule has 3 nitrogen and oxygen atoms in total. The minimum atomic E-state index is -1.97. The number of hydrogen-bond donors (Lipinski definition) is 1. The number of ether oxygens (including phenoxy) is 1. The molecule has 1 N–H and O–H groups in total. The van der Waals surface area contributed by atoms with E-state index >= 15 is 0 Å². The van der Waals surface area contributed by atoms with Gasteiger partial charge in [0.15, 0.2) is 11.1 Å². The summed E-state index contributed by atoms with van der Waals surface area (Å²) in [6.45, 7) is 0. The Morgan fingerprint density at radius 2 is 1.80 bits per heavy atom. The molecule has 0 aromatic heterocycles. The van der Waals surface area contributed by atoms with Gasteiger partial charge in [-0.2, -0.15) is 0 Å². The first-order valence-electron chi connectivity index (χ1n) is 4.40. The Morgan fingerprint density at radius 3 is 2.40 bits per heavy atom. The van der Waals surface area contributed by atoms with Crippen LogP contribution in [-0.2, 0) is 11.1 Å². The van der Waals surface area contributed by atoms with Crippen molar-refractivity contribution in [2.75, 3.05) is 7.11 Å². The molecule has 0 aliphatic heterocycles. The molecule has 78 valence electrons. The van der Waals surface area contributed by atoms with Crippen LogP contribution in [0.25, 0.3) is 10.8 Å². The number of rotatable bonds is 2. The summed E-state index contributed by atoms with van der Waals surface area (Å²) in [5.74, 6) is 0.708. The van der Waals surface area contributed by atoms with Gasteiger partial charge >= 0.3 is 0 Å². The number of benzene rings is 2. The normalized spacial score (nSPS) is 12.7. The van der Waals surface area contributed by atoms with Crippen LogP contribution in [0.5, 0.6) is 5.75 Å². The van der Waals surface area contributed by atoms with Crippen molar-refractivity contribution in [3.8, 4) is 5.75 Å². The average Bonchev–Trinajstić information content (AvgIpc) is 2.27. The lowest BCUT2D eigenvalue weighted by Gasteiger charge is -2.07. The third-order valence-electron chi connectivity index (χ3n) is 2.25. The molecule has 0 aliphatic carbocycles. The zero-order valence-corrected chi connectivity index (χ0v) is 8.95. The summed E-state index contributed by atoms with van der Waals surface area (Å²) in [4.78, 5) is 0.409. The molecule has 1 atom stereocenters. The van der Waals surface area contributed by atoms with Crippen molar-refractivity contribution < 1.29 is 13.5 Å². The predicted octanol–water partition coefficient (Wildman–Crippen LogP) is 2.43. The van der Waals surface area contributed by atoms with Gasteiger partial charge in [-0.15, -0.1) is 0 Å². The topological polar surface area (TPSA) is 46.5 Å². The fourth-order valence-corrected chi connectivity index (χ4v) is 2.12. The van der Waals surface area contributed by atoms with Gasteiger partial charge in [0.25, 0.3) is 0 Å². The molecule has 0 spiro atoms. The molecule has 0 saturated carbocycles. The van der Waals surface area contributed by atoms with Crippen LogP contribution in [0.15, 0.2) is 41.3 Å². The predicted molar refractivity (Wildman–Crippen MR) is 59.5 cm³/mol. The summed E-state index contributed by atoms with van der Waals surface area (Å²) in [6.07, 6.45) is 0. The van der Waals surface area contributed by atoms with E-state index in [4.69, 9.17) is 9.29 Å². The van der Waals surface area contributed by atoms with E-state index < -0.39 is 11.1 Å². The molecule has 4 heteroatoms. The van der Waals surface area contributed by atoms with Crippen molar-refractivity contribution in [3.05, 3.63) is 36.4 Å². The van der Waals surface area contributed by atoms with Crippen molar-refractivity contribution in [3.63, 3.8) is 0 Å². The fraction of sp³-hybridized carbons (Fsp3) is 0.0909. The number of methoxy groups -OCH3 is 1. The standard InChI is InChI=1S/C11H10O3S/c1-14-10-6-7-11(15(12)13)9-5-3-2-4-8(9)10/h2-7H,1H3,(H,12,13). The van der Waals surface area contributed by atoms with Crippen LogP contribution in [0.4, 0.5) is 0 Å². The lowest BCUT2D eigenvalue weighted by molar-refractivity contribution is 0.419. The van der Waals surface area contributed by atoms with E-state index in [9.17, 15) is 4.21 Å². The van der Waals surface area contributed by atoms with E-state index in [1.165, 1.54) is 0 Å². The van der Waals surface area contributed by atoms with Crippen molar-refractivity contribution in [1.29, 1.82) is 0 Å². The van der Waals surface area contributed by atoms with E-state index in [2.05, 4.69) is 0 Å². The first kappa shape index (κ1) is 10.1. The molecule has 2 rings (SSSR count). The molecule has 0 amide bonds. The molecule has 0 fully saturated rings. The van der Waals surface area contributed by atoms with Crippen molar-refractivity contribution >= 4 is 21.9 Å². The third kappa shape index (κ3) is 1.73. The van der Waals surface area contributed by atoms with Crippen molar-refractivity contribution in [1.82, 2.24) is 0 Å². The second-order valence-electron chi connectivity index (χ2n) is 3.06. The van der Waals surface area contributed by atoms with Crippen LogP contribution in [0, 0.1) is 0 Å². The maximum absolute atomic E-state index is 11.1. The van der Waals surface area contributed by atoms with E-state index in [0.29, 0.717) is 10.6 Å². The number of fused-ring (bicyclic) bond motifs is 1. The molecular weight excluding hydrogens is 212 g/mol. The zero-order valence-electron chi connectivity index (χ0n) is 8.14. The van der Waals surface area contributed by atoms with Crippen LogP contribution in [-0.4, -0.2) is 15.9 Å². The Balaban J connectivity index is 2.83. The lowest BCUT2D eigenvalue weighted by Crippen LogP contribution is -1.92. The zero-order chi connectivity index (χ0) is 10.8. The van der Waals surface area contributed by atoms with Crippen LogP contribution in [0.2, 0.25) is 0 Å². The fourth-order valence-electron chi connectivity index (χ4n) is 1.57. The van der Waals surface area contributed by atoms with Crippen LogP contribution in [0.3, 0.4) is 0 Å². The minimum absolute atomic E-state index is 0.409. The highest BCUT2D eigenvalue weighted by Gasteiger charge is 2.09. The van der Waals surface area contributed by atoms with Gasteiger partial charge in [0.1, 0.15) is 5.75 Å². The molecule has 0 saturated heterocycles. The van der Waals surface area contributed by atoms with Gasteiger partial charge in [-0.05, 0) is 12.1 Å². The average molecular weight is 222 g/mol. The molecule has 0 heterocycles. The Bertz CT molecular complexity index is 522. The molecule has 15 heavy (non-hydrogen) atoms. The van der Waals surface area contributed by atoms with Gasteiger partial charge in [-0.3, -0.25) is 0 Å². The quantitative estimate of drug-likeness (QED) is 0.794. The Kier molecular flexibility index (Phi) is 2.70. The highest BCUT2D eigenvalue weighted by atomic mass is 32.2. The van der Waals surface area contributed by atoms with E-state index in [1.54, 1.807) is 25.3 Å². The molecule has 0 radical (unpaired) electrons. The Morgan fingerprint density at radius 1 is 1.13 bits per heavy atom. The smallest absolute Gasteiger partial charge is 0.187 e. The summed E-state index contributed by atoms with van der Waals surface area (Å²) >= 11 is -1.97. The largest absolute Gasteiger partial charge is 0.496 e. The monoisotopic (exact) mass is 222 g/mol. The molecule has 2 aromatic rings. The minimum Gasteiger partial charge on any atom is -0.496 e. The first-order chi connectivity index (χ1) is 7.24. The molecule has 1 unspecified atom stereocenters. The second-order valence-corrected chi connectivity index (χ2v) is 4.00. The molecule has 0 bridgehead atoms. The van der Waals surface area contributed by atoms with Crippen LogP contribution >= 0.6 is 0 Å². The first-order valence-corrected chi connectivity index (χ1v) is 5.51. The van der Waals surface area contributed by atoms with Gasteiger partial charge in [0.05, 0.1) is 12.0 Å². The second kappa shape index (κ2) is 4.00. The maximum atomic E-state index is 11.1. The summed E-state index contributed by atoms with van der Waals surface area (Å²) in [5.41, 5.74) is 0. The van der Waals surface area contributed by atoms with Gasteiger partial charge in [-0.25, -0.2) is 4.21 Å². The Hall–Kier alpha value is -1.39. The summed E-state index contributed by atoms with van der Waals surface area (Å²) in [5, 5.41) is 1.59. The van der Waals surface area contributed by atoms with E-state index in [-0.39, 0.29) is 0 Å². The van der Waals surface area contributed by atoms with E-state index in [0.717, 1.165) is 10.8 Å². The van der Waals surface area contributed by atoms with Gasteiger partial charge in [-0.1, -0.05) is 24.3 Å². The summed E-state index contributed by atoms with van der Waals surface area (Å²) in [6, 6.07) is 10.7. The van der Waals surface area contributed by atoms with Crippen molar-refractivity contribution in [2.24, 2.45) is 0 Å². The summed E-state index contributed by atoms with van der Waals surface area (Å²) in [7, 11) is 1.58. The van der Waals surface area contributed by atoms with Crippen LogP contribution < -0.4 is 4.74 Å². The Labute approximate surface area is 90.0 Å². The molecular formula is C11H10O3S. The molecule has 2 aromatic carbocycles. The lowest BCUT2D eigenvalue weighted by atomic mass is 10.1. The number of hydrogen-bond acceptors (Lipinski definition) is 2. The highest BCUT2D eigenvalue weighted by molar-refractivity contribution is 7.79. The maximum Gasteiger partial charge on any atom is 0.187 e. The van der Waals surface area contributed by atoms with Crippen LogP contribution in [0.1, 0.15) is 0 Å². The summed E-state index contributed by atoms with van der Waals surface area (Å²) < 4.78 is 25.4.